The maximum atomic E-state index is 11.3. The SMILES string of the molecule is CC(Cl)C(=O)NCC(CC(=O)O)C(C)(C)C. The summed E-state index contributed by atoms with van der Waals surface area (Å²) in [5.74, 6) is -1.22. The number of rotatable bonds is 5. The Bertz CT molecular complexity index is 258. The van der Waals surface area contributed by atoms with E-state index in [0.29, 0.717) is 6.54 Å². The molecule has 2 unspecified atom stereocenters. The first kappa shape index (κ1) is 15.2. The van der Waals surface area contributed by atoms with E-state index in [2.05, 4.69) is 5.32 Å². The second kappa shape index (κ2) is 6.09. The molecule has 0 aromatic rings. The second-order valence-corrected chi connectivity index (χ2v) is 5.68. The average Bonchev–Trinajstić information content (AvgIpc) is 2.08. The molecule has 0 rings (SSSR count). The van der Waals surface area contributed by atoms with Gasteiger partial charge in [0.25, 0.3) is 0 Å². The first-order valence-corrected chi connectivity index (χ1v) is 5.71. The lowest BCUT2D eigenvalue weighted by Gasteiger charge is -2.29. The number of carboxylic acid groups (broad SMARTS) is 1. The summed E-state index contributed by atoms with van der Waals surface area (Å²) in [6.07, 6.45) is 0.0421. The van der Waals surface area contributed by atoms with Crippen LogP contribution in [0.4, 0.5) is 0 Å². The van der Waals surface area contributed by atoms with Crippen LogP contribution in [0, 0.1) is 11.3 Å². The molecule has 0 aromatic heterocycles. The van der Waals surface area contributed by atoms with Crippen molar-refractivity contribution in [1.29, 1.82) is 0 Å². The molecule has 0 spiro atoms. The van der Waals surface area contributed by atoms with Crippen LogP contribution in [0.2, 0.25) is 0 Å². The molecule has 0 radical (unpaired) electrons. The van der Waals surface area contributed by atoms with E-state index in [1.54, 1.807) is 6.92 Å². The number of carboxylic acids is 1. The van der Waals surface area contributed by atoms with Gasteiger partial charge in [-0.2, -0.15) is 0 Å². The summed E-state index contributed by atoms with van der Waals surface area (Å²) in [5.41, 5.74) is -0.165. The molecule has 0 aliphatic rings. The monoisotopic (exact) mass is 249 g/mol. The van der Waals surface area contributed by atoms with Crippen molar-refractivity contribution in [2.75, 3.05) is 6.54 Å². The van der Waals surface area contributed by atoms with Gasteiger partial charge < -0.3 is 10.4 Å². The van der Waals surface area contributed by atoms with Crippen molar-refractivity contribution in [3.05, 3.63) is 0 Å². The van der Waals surface area contributed by atoms with E-state index in [1.165, 1.54) is 0 Å². The zero-order chi connectivity index (χ0) is 12.9. The molecule has 0 heterocycles. The van der Waals surface area contributed by atoms with Crippen molar-refractivity contribution in [3.63, 3.8) is 0 Å². The predicted octanol–water partition coefficient (Wildman–Crippen LogP) is 1.87. The van der Waals surface area contributed by atoms with Crippen molar-refractivity contribution in [3.8, 4) is 0 Å². The van der Waals surface area contributed by atoms with Gasteiger partial charge in [-0.3, -0.25) is 9.59 Å². The Morgan fingerprint density at radius 1 is 1.38 bits per heavy atom. The van der Waals surface area contributed by atoms with E-state index < -0.39 is 11.3 Å². The van der Waals surface area contributed by atoms with E-state index >= 15 is 0 Å². The Balaban J connectivity index is 4.34. The minimum Gasteiger partial charge on any atom is -0.481 e. The normalized spacial score (nSPS) is 15.3. The predicted molar refractivity (Wildman–Crippen MR) is 63.5 cm³/mol. The number of aliphatic carboxylic acids is 1. The Morgan fingerprint density at radius 2 is 1.88 bits per heavy atom. The van der Waals surface area contributed by atoms with Crippen LogP contribution in [-0.4, -0.2) is 28.9 Å². The summed E-state index contributed by atoms with van der Waals surface area (Å²) in [5, 5.41) is 10.9. The molecule has 0 aromatic carbocycles. The highest BCUT2D eigenvalue weighted by Gasteiger charge is 2.27. The first-order chi connectivity index (χ1) is 7.14. The van der Waals surface area contributed by atoms with Crippen LogP contribution in [0.5, 0.6) is 0 Å². The zero-order valence-corrected chi connectivity index (χ0v) is 11.0. The van der Waals surface area contributed by atoms with E-state index in [4.69, 9.17) is 16.7 Å². The molecule has 16 heavy (non-hydrogen) atoms. The number of hydrogen-bond donors (Lipinski definition) is 2. The molecule has 2 N–H and O–H groups in total. The Hall–Kier alpha value is -0.770. The highest BCUT2D eigenvalue weighted by Crippen LogP contribution is 2.28. The molecule has 94 valence electrons. The molecular weight excluding hydrogens is 230 g/mol. The number of amides is 1. The summed E-state index contributed by atoms with van der Waals surface area (Å²) in [6, 6.07) is 0. The Labute approximate surface area is 101 Å². The van der Waals surface area contributed by atoms with Crippen molar-refractivity contribution in [1.82, 2.24) is 5.32 Å². The molecule has 0 aliphatic heterocycles. The fraction of sp³-hybridized carbons (Fsp3) is 0.818. The summed E-state index contributed by atoms with van der Waals surface area (Å²) in [4.78, 5) is 22.0. The molecule has 5 heteroatoms. The van der Waals surface area contributed by atoms with Crippen LogP contribution in [0.15, 0.2) is 0 Å². The number of carbonyl (C=O) groups is 2. The molecule has 2 atom stereocenters. The molecular formula is C11H20ClNO3. The molecule has 0 saturated carbocycles. The second-order valence-electron chi connectivity index (χ2n) is 5.02. The van der Waals surface area contributed by atoms with Gasteiger partial charge >= 0.3 is 5.97 Å². The molecule has 0 saturated heterocycles. The number of halogens is 1. The van der Waals surface area contributed by atoms with Crippen LogP contribution in [0.1, 0.15) is 34.1 Å². The highest BCUT2D eigenvalue weighted by atomic mass is 35.5. The Kier molecular flexibility index (Phi) is 5.79. The summed E-state index contributed by atoms with van der Waals surface area (Å²) in [7, 11) is 0. The fourth-order valence-electron chi connectivity index (χ4n) is 1.26. The number of hydrogen-bond acceptors (Lipinski definition) is 2. The van der Waals surface area contributed by atoms with Gasteiger partial charge in [0.1, 0.15) is 5.38 Å². The maximum absolute atomic E-state index is 11.3. The van der Waals surface area contributed by atoms with Gasteiger partial charge in [-0.15, -0.1) is 11.6 Å². The van der Waals surface area contributed by atoms with Gasteiger partial charge in [0.15, 0.2) is 0 Å². The van der Waals surface area contributed by atoms with Crippen LogP contribution in [0.3, 0.4) is 0 Å². The fourth-order valence-corrected chi connectivity index (χ4v) is 1.34. The third-order valence-corrected chi connectivity index (χ3v) is 2.73. The summed E-state index contributed by atoms with van der Waals surface area (Å²) < 4.78 is 0. The number of carbonyl (C=O) groups excluding carboxylic acids is 1. The molecule has 1 amide bonds. The highest BCUT2D eigenvalue weighted by molar-refractivity contribution is 6.30. The minimum absolute atomic E-state index is 0.0421. The van der Waals surface area contributed by atoms with Crippen LogP contribution < -0.4 is 5.32 Å². The van der Waals surface area contributed by atoms with E-state index in [-0.39, 0.29) is 23.7 Å². The standard InChI is InChI=1S/C11H20ClNO3/c1-7(12)10(16)13-6-8(5-9(14)15)11(2,3)4/h7-8H,5-6H2,1-4H3,(H,13,16)(H,14,15). The van der Waals surface area contributed by atoms with Crippen molar-refractivity contribution < 1.29 is 14.7 Å². The summed E-state index contributed by atoms with van der Waals surface area (Å²) in [6.45, 7) is 7.79. The lowest BCUT2D eigenvalue weighted by molar-refractivity contribution is -0.139. The van der Waals surface area contributed by atoms with E-state index in [9.17, 15) is 9.59 Å². The van der Waals surface area contributed by atoms with Gasteiger partial charge in [0.05, 0.1) is 6.42 Å². The first-order valence-electron chi connectivity index (χ1n) is 5.28. The van der Waals surface area contributed by atoms with Crippen molar-refractivity contribution in [2.24, 2.45) is 11.3 Å². The quantitative estimate of drug-likeness (QED) is 0.731. The van der Waals surface area contributed by atoms with Gasteiger partial charge in [0, 0.05) is 6.54 Å². The number of alkyl halides is 1. The zero-order valence-electron chi connectivity index (χ0n) is 10.2. The van der Waals surface area contributed by atoms with Gasteiger partial charge in [-0.1, -0.05) is 20.8 Å². The molecule has 0 fully saturated rings. The largest absolute Gasteiger partial charge is 0.481 e. The van der Waals surface area contributed by atoms with Crippen molar-refractivity contribution in [2.45, 2.75) is 39.5 Å². The van der Waals surface area contributed by atoms with E-state index in [0.717, 1.165) is 0 Å². The third-order valence-electron chi connectivity index (χ3n) is 2.53. The van der Waals surface area contributed by atoms with Crippen molar-refractivity contribution >= 4 is 23.5 Å². The maximum Gasteiger partial charge on any atom is 0.303 e. The lowest BCUT2D eigenvalue weighted by atomic mass is 9.78. The van der Waals surface area contributed by atoms with E-state index in [1.807, 2.05) is 20.8 Å². The topological polar surface area (TPSA) is 66.4 Å². The van der Waals surface area contributed by atoms with Gasteiger partial charge in [-0.05, 0) is 18.3 Å². The summed E-state index contributed by atoms with van der Waals surface area (Å²) >= 11 is 5.60. The minimum atomic E-state index is -0.854. The lowest BCUT2D eigenvalue weighted by Crippen LogP contribution is -2.38. The molecule has 4 nitrogen and oxygen atoms in total. The Morgan fingerprint density at radius 3 is 2.19 bits per heavy atom. The van der Waals surface area contributed by atoms with Crippen LogP contribution >= 0.6 is 11.6 Å². The third kappa shape index (κ3) is 5.95. The molecule has 0 bridgehead atoms. The van der Waals surface area contributed by atoms with Crippen LogP contribution in [0.25, 0.3) is 0 Å². The smallest absolute Gasteiger partial charge is 0.303 e. The molecule has 0 aliphatic carbocycles. The number of nitrogens with one attached hydrogen (secondary N) is 1. The van der Waals surface area contributed by atoms with Gasteiger partial charge in [-0.25, -0.2) is 0 Å². The average molecular weight is 250 g/mol. The van der Waals surface area contributed by atoms with Crippen LogP contribution in [-0.2, 0) is 9.59 Å². The van der Waals surface area contributed by atoms with Gasteiger partial charge in [0.2, 0.25) is 5.91 Å².